The van der Waals surface area contributed by atoms with Crippen LogP contribution in [0, 0.1) is 0 Å². The van der Waals surface area contributed by atoms with Gasteiger partial charge in [-0.1, -0.05) is 13.8 Å². The minimum Gasteiger partial charge on any atom is -0.394 e. The topological polar surface area (TPSA) is 36.9 Å². The van der Waals surface area contributed by atoms with Crippen LogP contribution in [0.25, 0.3) is 0 Å². The Morgan fingerprint density at radius 1 is 0.632 bits per heavy atom. The maximum absolute atomic E-state index is 5.83. The first-order valence-corrected chi connectivity index (χ1v) is 10.4. The maximum Gasteiger partial charge on any atom is 0.331 e. The van der Waals surface area contributed by atoms with Gasteiger partial charge >= 0.3 is 8.56 Å². The van der Waals surface area contributed by atoms with E-state index in [0.29, 0.717) is 0 Å². The molecule has 0 aromatic carbocycles. The summed E-state index contributed by atoms with van der Waals surface area (Å²) in [5.41, 5.74) is 0. The molecule has 0 atom stereocenters. The summed E-state index contributed by atoms with van der Waals surface area (Å²) in [6, 6.07) is 0. The fraction of sp³-hybridized carbons (Fsp3) is 1.00. The fourth-order valence-corrected chi connectivity index (χ4v) is 2.85. The Labute approximate surface area is 120 Å². The van der Waals surface area contributed by atoms with Crippen LogP contribution >= 0.6 is 0 Å². The van der Waals surface area contributed by atoms with Crippen LogP contribution in [0.4, 0.5) is 0 Å². The van der Waals surface area contributed by atoms with Crippen LogP contribution in [-0.4, -0.2) is 48.2 Å². The number of hydrogen-bond donors (Lipinski definition) is 0. The van der Waals surface area contributed by atoms with E-state index in [1.54, 1.807) is 0 Å². The van der Waals surface area contributed by atoms with E-state index in [4.69, 9.17) is 18.3 Å². The third kappa shape index (κ3) is 14.3. The van der Waals surface area contributed by atoms with E-state index < -0.39 is 8.56 Å². The standard InChI is InChI=1S/C14H32O4Si/c1-5-9-15-11-7-13-17-19(3,4)18-14-8-12-16-10-6-2/h5-14H2,1-4H3. The fourth-order valence-electron chi connectivity index (χ4n) is 1.49. The highest BCUT2D eigenvalue weighted by atomic mass is 28.4. The summed E-state index contributed by atoms with van der Waals surface area (Å²) in [5, 5.41) is 0. The van der Waals surface area contributed by atoms with E-state index in [1.807, 2.05) is 0 Å². The van der Waals surface area contributed by atoms with Gasteiger partial charge in [-0.15, -0.1) is 0 Å². The van der Waals surface area contributed by atoms with Gasteiger partial charge in [-0.25, -0.2) is 0 Å². The molecule has 0 aliphatic carbocycles. The molecule has 4 nitrogen and oxygen atoms in total. The largest absolute Gasteiger partial charge is 0.394 e. The predicted octanol–water partition coefficient (Wildman–Crippen LogP) is 3.35. The van der Waals surface area contributed by atoms with Crippen molar-refractivity contribution in [2.75, 3.05) is 39.6 Å². The molecule has 0 bridgehead atoms. The van der Waals surface area contributed by atoms with Crippen LogP contribution in [0.15, 0.2) is 0 Å². The molecule has 19 heavy (non-hydrogen) atoms. The van der Waals surface area contributed by atoms with Crippen molar-refractivity contribution in [3.8, 4) is 0 Å². The Hall–Kier alpha value is 0.0569. The first-order chi connectivity index (χ1) is 9.12. The molecule has 0 fully saturated rings. The normalized spacial score (nSPS) is 12.0. The summed E-state index contributed by atoms with van der Waals surface area (Å²) in [4.78, 5) is 0. The maximum atomic E-state index is 5.83. The Balaban J connectivity index is 3.36. The molecule has 5 heteroatoms. The average Bonchev–Trinajstić information content (AvgIpc) is 2.38. The molecule has 0 unspecified atom stereocenters. The molecule has 0 aliphatic rings. The lowest BCUT2D eigenvalue weighted by Gasteiger charge is -2.22. The molecule has 0 aromatic rings. The number of hydrogen-bond acceptors (Lipinski definition) is 4. The summed E-state index contributed by atoms with van der Waals surface area (Å²) in [6.45, 7) is 13.1. The van der Waals surface area contributed by atoms with Gasteiger partial charge in [0.1, 0.15) is 0 Å². The molecule has 0 heterocycles. The van der Waals surface area contributed by atoms with Crippen LogP contribution in [0.2, 0.25) is 13.1 Å². The van der Waals surface area contributed by atoms with E-state index in [-0.39, 0.29) is 0 Å². The molecule has 0 amide bonds. The van der Waals surface area contributed by atoms with E-state index >= 15 is 0 Å². The summed E-state index contributed by atoms with van der Waals surface area (Å²) in [6.07, 6.45) is 4.04. The predicted molar refractivity (Wildman–Crippen MR) is 80.8 cm³/mol. The van der Waals surface area contributed by atoms with Crippen molar-refractivity contribution in [2.45, 2.75) is 52.6 Å². The molecule has 0 rings (SSSR count). The van der Waals surface area contributed by atoms with Crippen molar-refractivity contribution in [1.82, 2.24) is 0 Å². The Morgan fingerprint density at radius 3 is 1.42 bits per heavy atom. The van der Waals surface area contributed by atoms with Gasteiger partial charge in [-0.05, 0) is 38.8 Å². The second-order valence-electron chi connectivity index (χ2n) is 5.03. The van der Waals surface area contributed by atoms with Gasteiger partial charge in [0.2, 0.25) is 0 Å². The molecule has 0 spiro atoms. The average molecular weight is 292 g/mol. The highest BCUT2D eigenvalue weighted by Gasteiger charge is 2.23. The van der Waals surface area contributed by atoms with Gasteiger partial charge in [0.25, 0.3) is 0 Å². The molecule has 0 saturated heterocycles. The van der Waals surface area contributed by atoms with Crippen molar-refractivity contribution >= 4 is 8.56 Å². The summed E-state index contributed by atoms with van der Waals surface area (Å²) < 4.78 is 22.5. The minimum atomic E-state index is -1.95. The molecule has 0 radical (unpaired) electrons. The lowest BCUT2D eigenvalue weighted by atomic mass is 10.5. The molecular formula is C14H32O4Si. The summed E-state index contributed by atoms with van der Waals surface area (Å²) >= 11 is 0. The Kier molecular flexibility index (Phi) is 13.1. The van der Waals surface area contributed by atoms with E-state index in [1.165, 1.54) is 0 Å². The van der Waals surface area contributed by atoms with Crippen LogP contribution < -0.4 is 0 Å². The highest BCUT2D eigenvalue weighted by molar-refractivity contribution is 6.64. The zero-order valence-corrected chi connectivity index (χ0v) is 14.2. The lowest BCUT2D eigenvalue weighted by Crippen LogP contribution is -2.36. The smallest absolute Gasteiger partial charge is 0.331 e. The van der Waals surface area contributed by atoms with Crippen molar-refractivity contribution in [3.63, 3.8) is 0 Å². The first kappa shape index (κ1) is 19.1. The Morgan fingerprint density at radius 2 is 1.05 bits per heavy atom. The molecule has 0 aromatic heterocycles. The van der Waals surface area contributed by atoms with Gasteiger partial charge in [-0.2, -0.15) is 0 Å². The van der Waals surface area contributed by atoms with Gasteiger partial charge in [-0.3, -0.25) is 0 Å². The second-order valence-corrected chi connectivity index (χ2v) is 8.41. The number of ether oxygens (including phenoxy) is 2. The van der Waals surface area contributed by atoms with Gasteiger partial charge in [0.15, 0.2) is 0 Å². The third-order valence-corrected chi connectivity index (χ3v) is 4.26. The van der Waals surface area contributed by atoms with E-state index in [2.05, 4.69) is 26.9 Å². The van der Waals surface area contributed by atoms with Crippen molar-refractivity contribution in [1.29, 1.82) is 0 Å². The van der Waals surface area contributed by atoms with Gasteiger partial charge in [0.05, 0.1) is 0 Å². The van der Waals surface area contributed by atoms with Crippen molar-refractivity contribution < 1.29 is 18.3 Å². The van der Waals surface area contributed by atoms with Crippen LogP contribution in [0.5, 0.6) is 0 Å². The van der Waals surface area contributed by atoms with Crippen molar-refractivity contribution in [3.05, 3.63) is 0 Å². The quantitative estimate of drug-likeness (QED) is 0.363. The minimum absolute atomic E-state index is 0.731. The molecular weight excluding hydrogens is 260 g/mol. The third-order valence-electron chi connectivity index (χ3n) is 2.46. The van der Waals surface area contributed by atoms with Crippen LogP contribution in [0.1, 0.15) is 39.5 Å². The van der Waals surface area contributed by atoms with Crippen LogP contribution in [0.3, 0.4) is 0 Å². The second kappa shape index (κ2) is 13.1. The van der Waals surface area contributed by atoms with Gasteiger partial charge < -0.3 is 18.3 Å². The van der Waals surface area contributed by atoms with Gasteiger partial charge in [0, 0.05) is 39.6 Å². The lowest BCUT2D eigenvalue weighted by molar-refractivity contribution is 0.0975. The molecule has 0 saturated carbocycles. The molecule has 0 aliphatic heterocycles. The summed E-state index contributed by atoms with van der Waals surface area (Å²) in [7, 11) is -1.95. The zero-order chi connectivity index (χ0) is 14.4. The van der Waals surface area contributed by atoms with Crippen LogP contribution in [-0.2, 0) is 18.3 Å². The van der Waals surface area contributed by atoms with E-state index in [9.17, 15) is 0 Å². The highest BCUT2D eigenvalue weighted by Crippen LogP contribution is 2.07. The molecule has 0 N–H and O–H groups in total. The Bertz CT molecular complexity index is 170. The number of rotatable bonds is 14. The van der Waals surface area contributed by atoms with E-state index in [0.717, 1.165) is 65.3 Å². The molecule has 116 valence electrons. The van der Waals surface area contributed by atoms with Crippen molar-refractivity contribution in [2.24, 2.45) is 0 Å². The monoisotopic (exact) mass is 292 g/mol. The summed E-state index contributed by atoms with van der Waals surface area (Å²) in [5.74, 6) is 0. The zero-order valence-electron chi connectivity index (χ0n) is 13.2. The SMILES string of the molecule is CCCOCCCO[Si](C)(C)OCCCOCCC. The first-order valence-electron chi connectivity index (χ1n) is 7.55.